The topological polar surface area (TPSA) is 116 Å². The third kappa shape index (κ3) is 5.02. The van der Waals surface area contributed by atoms with Crippen LogP contribution in [0.15, 0.2) is 29.2 Å². The lowest BCUT2D eigenvalue weighted by atomic mass is 9.95. The maximum Gasteiger partial charge on any atom is 0.243 e. The van der Waals surface area contributed by atoms with Crippen LogP contribution in [-0.4, -0.2) is 50.8 Å². The van der Waals surface area contributed by atoms with Gasteiger partial charge in [0.15, 0.2) is 0 Å². The molecular formula is C19H27N2O6S-. The molecule has 1 aromatic carbocycles. The minimum atomic E-state index is -3.75. The number of ether oxygens (including phenoxy) is 1. The summed E-state index contributed by atoms with van der Waals surface area (Å²) in [7, 11) is -2.25. The van der Waals surface area contributed by atoms with Crippen LogP contribution >= 0.6 is 0 Å². The summed E-state index contributed by atoms with van der Waals surface area (Å²) in [6.07, 6.45) is 1.59. The van der Waals surface area contributed by atoms with Crippen molar-refractivity contribution in [3.63, 3.8) is 0 Å². The predicted molar refractivity (Wildman–Crippen MR) is 101 cm³/mol. The maximum atomic E-state index is 12.9. The van der Waals surface area contributed by atoms with E-state index in [9.17, 15) is 23.1 Å². The first-order valence-electron chi connectivity index (χ1n) is 9.36. The number of carbonyl (C=O) groups is 2. The number of nitrogens with zero attached hydrogens (tertiary/aromatic N) is 1. The summed E-state index contributed by atoms with van der Waals surface area (Å²) in [4.78, 5) is 24.0. The van der Waals surface area contributed by atoms with Crippen LogP contribution in [0.5, 0.6) is 5.75 Å². The Morgan fingerprint density at radius 3 is 2.50 bits per heavy atom. The fraction of sp³-hybridized carbons (Fsp3) is 0.579. The van der Waals surface area contributed by atoms with Gasteiger partial charge in [-0.15, -0.1) is 0 Å². The van der Waals surface area contributed by atoms with E-state index in [4.69, 9.17) is 4.74 Å². The number of aliphatic carboxylic acids is 1. The minimum Gasteiger partial charge on any atom is -0.548 e. The van der Waals surface area contributed by atoms with Gasteiger partial charge in [0.25, 0.3) is 0 Å². The zero-order valence-electron chi connectivity index (χ0n) is 16.4. The molecule has 1 heterocycles. The van der Waals surface area contributed by atoms with Crippen LogP contribution in [0.4, 0.5) is 0 Å². The number of sulfonamides is 1. The summed E-state index contributed by atoms with van der Waals surface area (Å²) >= 11 is 0. The molecule has 8 nitrogen and oxygen atoms in total. The van der Waals surface area contributed by atoms with Gasteiger partial charge < -0.3 is 20.0 Å². The third-order valence-corrected chi connectivity index (χ3v) is 7.10. The number of nitrogens with one attached hydrogen (secondary N) is 1. The molecule has 0 unspecified atom stereocenters. The highest BCUT2D eigenvalue weighted by Gasteiger charge is 2.34. The minimum absolute atomic E-state index is 0.0144. The fourth-order valence-electron chi connectivity index (χ4n) is 3.21. The van der Waals surface area contributed by atoms with Crippen LogP contribution in [0, 0.1) is 11.8 Å². The van der Waals surface area contributed by atoms with Gasteiger partial charge in [-0.25, -0.2) is 8.42 Å². The first-order valence-corrected chi connectivity index (χ1v) is 10.8. The van der Waals surface area contributed by atoms with E-state index in [2.05, 4.69) is 5.32 Å². The smallest absolute Gasteiger partial charge is 0.243 e. The molecule has 0 saturated carbocycles. The molecule has 1 amide bonds. The number of hydrogen-bond donors (Lipinski definition) is 1. The molecule has 2 rings (SSSR count). The van der Waals surface area contributed by atoms with E-state index in [-0.39, 0.29) is 17.4 Å². The van der Waals surface area contributed by atoms with Crippen molar-refractivity contribution in [2.75, 3.05) is 20.2 Å². The Labute approximate surface area is 165 Å². The Morgan fingerprint density at radius 2 is 1.96 bits per heavy atom. The van der Waals surface area contributed by atoms with Crippen molar-refractivity contribution in [3.8, 4) is 5.75 Å². The number of hydrogen-bond acceptors (Lipinski definition) is 6. The lowest BCUT2D eigenvalue weighted by molar-refractivity contribution is -0.309. The van der Waals surface area contributed by atoms with Crippen molar-refractivity contribution in [2.24, 2.45) is 11.8 Å². The number of benzene rings is 1. The van der Waals surface area contributed by atoms with Gasteiger partial charge in [-0.05, 0) is 43.0 Å². The second-order valence-electron chi connectivity index (χ2n) is 7.07. The SMILES string of the molecule is CC[C@@H](C)[C@H](NC(=O)[C@H]1CCCN(S(=O)(=O)c2ccc(OC)cc2)C1)C(=O)[O-]. The Bertz CT molecular complexity index is 793. The van der Waals surface area contributed by atoms with Gasteiger partial charge >= 0.3 is 0 Å². The zero-order valence-corrected chi connectivity index (χ0v) is 17.2. The summed E-state index contributed by atoms with van der Waals surface area (Å²) in [5, 5.41) is 13.9. The molecule has 0 aromatic heterocycles. The second-order valence-corrected chi connectivity index (χ2v) is 9.01. The summed E-state index contributed by atoms with van der Waals surface area (Å²) in [5.74, 6) is -2.12. The number of carboxylic acids is 1. The molecule has 3 atom stereocenters. The molecule has 28 heavy (non-hydrogen) atoms. The summed E-state index contributed by atoms with van der Waals surface area (Å²) in [6, 6.07) is 4.97. The first kappa shape index (κ1) is 22.2. The molecular weight excluding hydrogens is 384 g/mol. The van der Waals surface area contributed by atoms with E-state index in [0.717, 1.165) is 0 Å². The molecule has 1 aromatic rings. The summed E-state index contributed by atoms with van der Waals surface area (Å²) in [5.41, 5.74) is 0. The highest BCUT2D eigenvalue weighted by atomic mass is 32.2. The third-order valence-electron chi connectivity index (χ3n) is 5.22. The number of methoxy groups -OCH3 is 1. The largest absolute Gasteiger partial charge is 0.548 e. The first-order chi connectivity index (χ1) is 13.2. The molecule has 0 bridgehead atoms. The fourth-order valence-corrected chi connectivity index (χ4v) is 4.74. The van der Waals surface area contributed by atoms with Crippen molar-refractivity contribution >= 4 is 21.9 Å². The van der Waals surface area contributed by atoms with E-state index in [1.807, 2.05) is 6.92 Å². The molecule has 0 radical (unpaired) electrons. The molecule has 1 aliphatic rings. The normalized spacial score (nSPS) is 20.2. The highest BCUT2D eigenvalue weighted by Crippen LogP contribution is 2.25. The van der Waals surface area contributed by atoms with Crippen LogP contribution < -0.4 is 15.2 Å². The molecule has 156 valence electrons. The van der Waals surface area contributed by atoms with E-state index >= 15 is 0 Å². The number of carbonyl (C=O) groups excluding carboxylic acids is 2. The Balaban J connectivity index is 2.11. The standard InChI is InChI=1S/C19H28N2O6S/c1-4-13(2)17(19(23)24)20-18(22)14-6-5-11-21(12-14)28(25,26)16-9-7-15(27-3)8-10-16/h7-10,13-14,17H,4-6,11-12H2,1-3H3,(H,20,22)(H,23,24)/p-1/t13-,14+,17+/m1/s1. The molecule has 1 saturated heterocycles. The van der Waals surface area contributed by atoms with Crippen molar-refractivity contribution in [2.45, 2.75) is 44.0 Å². The van der Waals surface area contributed by atoms with Crippen LogP contribution in [0.3, 0.4) is 0 Å². The number of piperidine rings is 1. The highest BCUT2D eigenvalue weighted by molar-refractivity contribution is 7.89. The molecule has 1 N–H and O–H groups in total. The van der Waals surface area contributed by atoms with Crippen LogP contribution in [0.25, 0.3) is 0 Å². The number of rotatable bonds is 8. The van der Waals surface area contributed by atoms with E-state index < -0.39 is 33.9 Å². The van der Waals surface area contributed by atoms with Gasteiger partial charge in [-0.1, -0.05) is 20.3 Å². The van der Waals surface area contributed by atoms with Crippen molar-refractivity contribution in [1.29, 1.82) is 0 Å². The lowest BCUT2D eigenvalue weighted by Gasteiger charge is -2.33. The van der Waals surface area contributed by atoms with Gasteiger partial charge in [0.2, 0.25) is 15.9 Å². The van der Waals surface area contributed by atoms with Gasteiger partial charge in [0, 0.05) is 13.1 Å². The summed E-state index contributed by atoms with van der Waals surface area (Å²) < 4.78 is 32.1. The van der Waals surface area contributed by atoms with Gasteiger partial charge in [-0.3, -0.25) is 4.79 Å². The monoisotopic (exact) mass is 411 g/mol. The van der Waals surface area contributed by atoms with Crippen LogP contribution in [0.2, 0.25) is 0 Å². The molecule has 0 spiro atoms. The Hall–Kier alpha value is -2.13. The van der Waals surface area contributed by atoms with Crippen molar-refractivity contribution in [1.82, 2.24) is 9.62 Å². The average molecular weight is 412 g/mol. The molecule has 9 heteroatoms. The van der Waals surface area contributed by atoms with Crippen LogP contribution in [0.1, 0.15) is 33.1 Å². The number of carboxylic acid groups (broad SMARTS) is 1. The maximum absolute atomic E-state index is 12.9. The number of amides is 1. The Morgan fingerprint density at radius 1 is 1.32 bits per heavy atom. The zero-order chi connectivity index (χ0) is 20.9. The van der Waals surface area contributed by atoms with Crippen molar-refractivity contribution < 1.29 is 27.9 Å². The van der Waals surface area contributed by atoms with Crippen molar-refractivity contribution in [3.05, 3.63) is 24.3 Å². The molecule has 1 fully saturated rings. The van der Waals surface area contributed by atoms with E-state index in [1.165, 1.54) is 23.5 Å². The molecule has 0 aliphatic carbocycles. The second kappa shape index (κ2) is 9.38. The van der Waals surface area contributed by atoms with E-state index in [0.29, 0.717) is 31.6 Å². The van der Waals surface area contributed by atoms with Gasteiger partial charge in [0.05, 0.1) is 29.9 Å². The van der Waals surface area contributed by atoms with Gasteiger partial charge in [0.1, 0.15) is 5.75 Å². The lowest BCUT2D eigenvalue weighted by Crippen LogP contribution is -2.54. The van der Waals surface area contributed by atoms with Crippen LogP contribution in [-0.2, 0) is 19.6 Å². The quantitative estimate of drug-likeness (QED) is 0.661. The van der Waals surface area contributed by atoms with Gasteiger partial charge in [-0.2, -0.15) is 4.31 Å². The summed E-state index contributed by atoms with van der Waals surface area (Å²) in [6.45, 7) is 3.88. The molecule has 1 aliphatic heterocycles. The van der Waals surface area contributed by atoms with E-state index in [1.54, 1.807) is 19.1 Å². The average Bonchev–Trinajstić information content (AvgIpc) is 2.71. The Kier molecular flexibility index (Phi) is 7.42. The predicted octanol–water partition coefficient (Wildman–Crippen LogP) is 0.377.